The number of hydrogen-bond acceptors (Lipinski definition) is 5. The first-order valence-corrected chi connectivity index (χ1v) is 11.0. The van der Waals surface area contributed by atoms with Gasteiger partial charge in [0, 0.05) is 0 Å². The van der Waals surface area contributed by atoms with Gasteiger partial charge in [-0.25, -0.2) is 0 Å². The van der Waals surface area contributed by atoms with Gasteiger partial charge in [-0.1, -0.05) is 52.0 Å². The van der Waals surface area contributed by atoms with E-state index in [1.807, 2.05) is 24.3 Å². The molecule has 1 atom stereocenters. The molecule has 1 heterocycles. The number of hydrogen-bond donors (Lipinski definition) is 1. The van der Waals surface area contributed by atoms with Gasteiger partial charge in [-0.3, -0.25) is 4.79 Å². The molecule has 0 fully saturated rings. The monoisotopic (exact) mass is 426 g/mol. The summed E-state index contributed by atoms with van der Waals surface area (Å²) in [4.78, 5) is 12.4. The molecule has 6 heteroatoms. The Morgan fingerprint density at radius 1 is 1.31 bits per heavy atom. The van der Waals surface area contributed by atoms with Crippen LogP contribution in [0.15, 0.2) is 24.3 Å². The minimum Gasteiger partial charge on any atom is -0.484 e. The number of benzene rings is 1. The van der Waals surface area contributed by atoms with Crippen molar-refractivity contribution in [3.63, 3.8) is 0 Å². The van der Waals surface area contributed by atoms with Gasteiger partial charge >= 0.3 is 0 Å². The van der Waals surface area contributed by atoms with Crippen LogP contribution in [0.25, 0.3) is 0 Å². The van der Waals surface area contributed by atoms with Gasteiger partial charge < -0.3 is 10.1 Å². The van der Waals surface area contributed by atoms with Crippen LogP contribution in [-0.4, -0.2) is 12.5 Å². The van der Waals surface area contributed by atoms with Crippen LogP contribution in [0.5, 0.6) is 5.75 Å². The van der Waals surface area contributed by atoms with Crippen LogP contribution in [0, 0.1) is 21.1 Å². The van der Waals surface area contributed by atoms with Gasteiger partial charge in [0.25, 0.3) is 5.91 Å². The zero-order valence-electron chi connectivity index (χ0n) is 17.3. The Balaban J connectivity index is 1.70. The SMILES string of the molecule is CC1CCc2c(C#N)c(NC(=O)COc3ccc(C(C)(C)C)cc3)sc(=S)c2C1. The standard InChI is InChI=1S/C23H26N2O2S2/c1-14-5-10-17-18(11-14)22(28)29-21(19(17)12-24)25-20(26)13-27-16-8-6-15(7-9-16)23(2,3)4/h6-9,14H,5,10-11,13H2,1-4H3,(H,25,26). The van der Waals surface area contributed by atoms with Crippen LogP contribution in [0.4, 0.5) is 5.00 Å². The van der Waals surface area contributed by atoms with Crippen molar-refractivity contribution >= 4 is 34.5 Å². The summed E-state index contributed by atoms with van der Waals surface area (Å²) in [5, 5.41) is 13.0. The molecular formula is C23H26N2O2S2. The molecule has 0 radical (unpaired) electrons. The van der Waals surface area contributed by atoms with E-state index in [-0.39, 0.29) is 17.9 Å². The molecule has 0 aliphatic heterocycles. The predicted molar refractivity (Wildman–Crippen MR) is 120 cm³/mol. The van der Waals surface area contributed by atoms with E-state index in [2.05, 4.69) is 39.1 Å². The van der Waals surface area contributed by atoms with E-state index >= 15 is 0 Å². The Bertz CT molecular complexity index is 1010. The highest BCUT2D eigenvalue weighted by Gasteiger charge is 2.23. The van der Waals surface area contributed by atoms with Gasteiger partial charge in [-0.05, 0) is 59.4 Å². The second-order valence-corrected chi connectivity index (χ2v) is 10.3. The van der Waals surface area contributed by atoms with E-state index in [0.717, 1.165) is 34.2 Å². The van der Waals surface area contributed by atoms with Crippen molar-refractivity contribution in [1.82, 2.24) is 0 Å². The first-order chi connectivity index (χ1) is 13.7. The van der Waals surface area contributed by atoms with E-state index in [1.165, 1.54) is 16.9 Å². The van der Waals surface area contributed by atoms with E-state index in [0.29, 0.717) is 22.2 Å². The number of rotatable bonds is 4. The Morgan fingerprint density at radius 2 is 2.00 bits per heavy atom. The number of nitriles is 1. The van der Waals surface area contributed by atoms with Gasteiger partial charge in [0.1, 0.15) is 16.8 Å². The lowest BCUT2D eigenvalue weighted by molar-refractivity contribution is -0.118. The zero-order chi connectivity index (χ0) is 21.2. The lowest BCUT2D eigenvalue weighted by Gasteiger charge is -2.23. The molecule has 1 amide bonds. The summed E-state index contributed by atoms with van der Waals surface area (Å²) in [7, 11) is 0. The van der Waals surface area contributed by atoms with Crippen LogP contribution >= 0.6 is 23.6 Å². The first kappa shape index (κ1) is 21.5. The Kier molecular flexibility index (Phi) is 6.40. The number of nitrogens with one attached hydrogen (secondary N) is 1. The molecule has 0 saturated carbocycles. The Hall–Kier alpha value is -2.23. The van der Waals surface area contributed by atoms with Gasteiger partial charge in [0.05, 0.1) is 9.39 Å². The van der Waals surface area contributed by atoms with E-state index in [9.17, 15) is 10.1 Å². The van der Waals surface area contributed by atoms with Crippen molar-refractivity contribution < 1.29 is 9.53 Å². The summed E-state index contributed by atoms with van der Waals surface area (Å²) in [5.41, 5.74) is 3.93. The van der Waals surface area contributed by atoms with Gasteiger partial charge in [-0.15, -0.1) is 11.3 Å². The number of amides is 1. The maximum Gasteiger partial charge on any atom is 0.262 e. The third-order valence-corrected chi connectivity index (χ3v) is 6.67. The lowest BCUT2D eigenvalue weighted by Crippen LogP contribution is -2.21. The average Bonchev–Trinajstić information content (AvgIpc) is 2.67. The molecule has 1 aliphatic rings. The molecule has 3 rings (SSSR count). The molecule has 1 unspecified atom stereocenters. The van der Waals surface area contributed by atoms with E-state index in [4.69, 9.17) is 17.0 Å². The molecule has 29 heavy (non-hydrogen) atoms. The largest absolute Gasteiger partial charge is 0.484 e. The molecule has 2 aromatic rings. The number of nitrogens with zero attached hydrogens (tertiary/aromatic N) is 1. The van der Waals surface area contributed by atoms with Crippen molar-refractivity contribution in [3.8, 4) is 11.8 Å². The molecule has 1 aromatic carbocycles. The molecule has 1 aliphatic carbocycles. The summed E-state index contributed by atoms with van der Waals surface area (Å²) in [6, 6.07) is 10.0. The van der Waals surface area contributed by atoms with E-state index < -0.39 is 0 Å². The summed E-state index contributed by atoms with van der Waals surface area (Å²) in [6.07, 6.45) is 2.77. The Labute approximate surface area is 181 Å². The quantitative estimate of drug-likeness (QED) is 0.629. The number of ether oxygens (including phenoxy) is 1. The van der Waals surface area contributed by atoms with Crippen LogP contribution in [0.2, 0.25) is 0 Å². The number of carbonyl (C=O) groups excluding carboxylic acids is 1. The second-order valence-electron chi connectivity index (χ2n) is 8.62. The van der Waals surface area contributed by atoms with Crippen LogP contribution in [-0.2, 0) is 23.1 Å². The fourth-order valence-corrected chi connectivity index (χ4v) is 4.92. The molecule has 152 valence electrons. The van der Waals surface area contributed by atoms with Crippen molar-refractivity contribution in [2.75, 3.05) is 11.9 Å². The molecule has 1 N–H and O–H groups in total. The van der Waals surface area contributed by atoms with Crippen molar-refractivity contribution in [2.45, 2.75) is 52.4 Å². The highest BCUT2D eigenvalue weighted by Crippen LogP contribution is 2.36. The summed E-state index contributed by atoms with van der Waals surface area (Å²) < 4.78 is 6.39. The minimum atomic E-state index is -0.295. The number of fused-ring (bicyclic) bond motifs is 1. The third kappa shape index (κ3) is 5.04. The van der Waals surface area contributed by atoms with E-state index in [1.54, 1.807) is 0 Å². The highest BCUT2D eigenvalue weighted by atomic mass is 32.1. The van der Waals surface area contributed by atoms with Crippen LogP contribution < -0.4 is 10.1 Å². The van der Waals surface area contributed by atoms with Gasteiger partial charge in [0.2, 0.25) is 0 Å². The average molecular weight is 427 g/mol. The van der Waals surface area contributed by atoms with Crippen molar-refractivity contribution in [1.29, 1.82) is 5.26 Å². The summed E-state index contributed by atoms with van der Waals surface area (Å²) in [5.74, 6) is 0.915. The van der Waals surface area contributed by atoms with Crippen molar-refractivity contribution in [3.05, 3.63) is 50.3 Å². The normalized spacial score (nSPS) is 15.9. The molecule has 0 spiro atoms. The third-order valence-electron chi connectivity index (χ3n) is 5.23. The molecule has 4 nitrogen and oxygen atoms in total. The summed E-state index contributed by atoms with van der Waals surface area (Å²) >= 11 is 6.85. The topological polar surface area (TPSA) is 62.1 Å². The maximum absolute atomic E-state index is 12.4. The first-order valence-electron chi connectivity index (χ1n) is 9.81. The minimum absolute atomic E-state index is 0.0666. The number of anilines is 1. The molecule has 1 aromatic heterocycles. The summed E-state index contributed by atoms with van der Waals surface area (Å²) in [6.45, 7) is 8.54. The highest BCUT2D eigenvalue weighted by molar-refractivity contribution is 7.73. The fourth-order valence-electron chi connectivity index (χ4n) is 3.51. The maximum atomic E-state index is 12.4. The van der Waals surface area contributed by atoms with Gasteiger partial charge in [0.15, 0.2) is 6.61 Å². The van der Waals surface area contributed by atoms with Crippen molar-refractivity contribution in [2.24, 2.45) is 5.92 Å². The Morgan fingerprint density at radius 3 is 2.62 bits per heavy atom. The lowest BCUT2D eigenvalue weighted by atomic mass is 9.85. The van der Waals surface area contributed by atoms with Crippen LogP contribution in [0.3, 0.4) is 0 Å². The second kappa shape index (κ2) is 8.64. The predicted octanol–water partition coefficient (Wildman–Crippen LogP) is 5.79. The molecular weight excluding hydrogens is 400 g/mol. The fraction of sp³-hybridized carbons (Fsp3) is 0.435. The number of carbonyl (C=O) groups is 1. The smallest absolute Gasteiger partial charge is 0.262 e. The van der Waals surface area contributed by atoms with Gasteiger partial charge in [-0.2, -0.15) is 5.26 Å². The van der Waals surface area contributed by atoms with Crippen LogP contribution in [0.1, 0.15) is 56.4 Å². The molecule has 0 saturated heterocycles. The molecule has 0 bridgehead atoms. The zero-order valence-corrected chi connectivity index (χ0v) is 18.9.